The summed E-state index contributed by atoms with van der Waals surface area (Å²) < 4.78 is 5.72. The highest BCUT2D eigenvalue weighted by Gasteiger charge is 2.25. The average Bonchev–Trinajstić information content (AvgIpc) is 2.72. The van der Waals surface area contributed by atoms with Gasteiger partial charge in [0.05, 0.1) is 12.5 Å². The predicted molar refractivity (Wildman–Crippen MR) is 113 cm³/mol. The lowest BCUT2D eigenvalue weighted by atomic mass is 9.97. The largest absolute Gasteiger partial charge is 0.489 e. The molecule has 0 spiro atoms. The number of nitrogens with one attached hydrogen (secondary N) is 1. The van der Waals surface area contributed by atoms with Gasteiger partial charge in [-0.2, -0.15) is 0 Å². The molecule has 0 atom stereocenters. The first-order valence-corrected chi connectivity index (χ1v) is 9.57. The molecular weight excluding hydrogens is 392 g/mol. The molecule has 29 heavy (non-hydrogen) atoms. The van der Waals surface area contributed by atoms with E-state index in [0.29, 0.717) is 45.6 Å². The maximum atomic E-state index is 12.1. The number of carbonyl (C=O) groups is 2. The first-order valence-electron chi connectivity index (χ1n) is 9.57. The van der Waals surface area contributed by atoms with Crippen LogP contribution in [0.4, 0.5) is 0 Å². The van der Waals surface area contributed by atoms with E-state index in [1.807, 2.05) is 59.5 Å². The van der Waals surface area contributed by atoms with Gasteiger partial charge in [-0.15, -0.1) is 12.4 Å². The van der Waals surface area contributed by atoms with Crippen molar-refractivity contribution in [3.8, 4) is 5.75 Å². The van der Waals surface area contributed by atoms with Crippen LogP contribution in [0.3, 0.4) is 0 Å². The van der Waals surface area contributed by atoms with Crippen LogP contribution in [0.5, 0.6) is 5.75 Å². The Balaban J connectivity index is 0.00000300. The first-order chi connectivity index (χ1) is 13.6. The SMILES string of the molecule is Cl.O=C(CN1CCC(C(=O)O)CC1)NCc1ccc(COc2ccccc2)cc1. The van der Waals surface area contributed by atoms with E-state index in [0.717, 1.165) is 16.9 Å². The second-order valence-corrected chi connectivity index (χ2v) is 7.08. The van der Waals surface area contributed by atoms with Crippen molar-refractivity contribution in [2.75, 3.05) is 19.6 Å². The van der Waals surface area contributed by atoms with Crippen molar-refractivity contribution < 1.29 is 19.4 Å². The van der Waals surface area contributed by atoms with E-state index in [9.17, 15) is 9.59 Å². The van der Waals surface area contributed by atoms with E-state index in [4.69, 9.17) is 9.84 Å². The van der Waals surface area contributed by atoms with Crippen LogP contribution < -0.4 is 10.1 Å². The van der Waals surface area contributed by atoms with Gasteiger partial charge in [-0.3, -0.25) is 14.5 Å². The lowest BCUT2D eigenvalue weighted by Gasteiger charge is -2.29. The summed E-state index contributed by atoms with van der Waals surface area (Å²) in [5.41, 5.74) is 2.10. The molecule has 0 unspecified atom stereocenters. The second-order valence-electron chi connectivity index (χ2n) is 7.08. The van der Waals surface area contributed by atoms with Crippen LogP contribution in [-0.4, -0.2) is 41.5 Å². The number of hydrogen-bond donors (Lipinski definition) is 2. The monoisotopic (exact) mass is 418 g/mol. The molecule has 1 aliphatic heterocycles. The number of ether oxygens (including phenoxy) is 1. The van der Waals surface area contributed by atoms with Crippen molar-refractivity contribution in [3.63, 3.8) is 0 Å². The zero-order chi connectivity index (χ0) is 19.8. The number of carbonyl (C=O) groups excluding carboxylic acids is 1. The highest BCUT2D eigenvalue weighted by molar-refractivity contribution is 5.85. The summed E-state index contributed by atoms with van der Waals surface area (Å²) in [6.45, 7) is 2.60. The average molecular weight is 419 g/mol. The number of amides is 1. The molecule has 0 aliphatic carbocycles. The molecule has 0 aromatic heterocycles. The number of likely N-dealkylation sites (tertiary alicyclic amines) is 1. The Hall–Kier alpha value is -2.57. The minimum atomic E-state index is -0.735. The van der Waals surface area contributed by atoms with Gasteiger partial charge in [0.1, 0.15) is 12.4 Å². The van der Waals surface area contributed by atoms with Crippen LogP contribution in [0.1, 0.15) is 24.0 Å². The Morgan fingerprint density at radius 3 is 2.24 bits per heavy atom. The van der Waals surface area contributed by atoms with E-state index < -0.39 is 5.97 Å². The molecule has 3 rings (SSSR count). The number of carboxylic acids is 1. The van der Waals surface area contributed by atoms with Gasteiger partial charge >= 0.3 is 5.97 Å². The summed E-state index contributed by atoms with van der Waals surface area (Å²) in [7, 11) is 0. The maximum absolute atomic E-state index is 12.1. The zero-order valence-corrected chi connectivity index (χ0v) is 17.1. The van der Waals surface area contributed by atoms with E-state index in [2.05, 4.69) is 5.32 Å². The summed E-state index contributed by atoms with van der Waals surface area (Å²) in [6, 6.07) is 17.7. The van der Waals surface area contributed by atoms with E-state index >= 15 is 0 Å². The summed E-state index contributed by atoms with van der Waals surface area (Å²) in [5, 5.41) is 12.0. The first kappa shape index (κ1) is 22.7. The number of rotatable bonds is 8. The molecule has 1 aliphatic rings. The van der Waals surface area contributed by atoms with Gasteiger partial charge in [0.25, 0.3) is 0 Å². The van der Waals surface area contributed by atoms with E-state index in [1.165, 1.54) is 0 Å². The topological polar surface area (TPSA) is 78.9 Å². The number of hydrogen-bond acceptors (Lipinski definition) is 4. The maximum Gasteiger partial charge on any atom is 0.306 e. The number of halogens is 1. The fourth-order valence-corrected chi connectivity index (χ4v) is 3.23. The highest BCUT2D eigenvalue weighted by atomic mass is 35.5. The summed E-state index contributed by atoms with van der Waals surface area (Å²) in [4.78, 5) is 25.1. The van der Waals surface area contributed by atoms with Crippen molar-refractivity contribution in [2.45, 2.75) is 26.0 Å². The number of piperidine rings is 1. The van der Waals surface area contributed by atoms with Gasteiger partial charge in [-0.1, -0.05) is 42.5 Å². The standard InChI is InChI=1S/C22H26N2O4.ClH/c25-21(15-24-12-10-19(11-13-24)22(26)27)23-14-17-6-8-18(9-7-17)16-28-20-4-2-1-3-5-20;/h1-9,19H,10-16H2,(H,23,25)(H,26,27);1H. The molecule has 0 radical (unpaired) electrons. The number of aliphatic carboxylic acids is 1. The summed E-state index contributed by atoms with van der Waals surface area (Å²) >= 11 is 0. The fourth-order valence-electron chi connectivity index (χ4n) is 3.23. The summed E-state index contributed by atoms with van der Waals surface area (Å²) in [6.07, 6.45) is 1.21. The molecule has 2 aromatic rings. The molecule has 2 aromatic carbocycles. The molecule has 1 amide bonds. The van der Waals surface area contributed by atoms with Gasteiger partial charge in [-0.25, -0.2) is 0 Å². The van der Waals surface area contributed by atoms with Crippen LogP contribution in [0, 0.1) is 5.92 Å². The Morgan fingerprint density at radius 2 is 1.62 bits per heavy atom. The third-order valence-corrected chi connectivity index (χ3v) is 4.97. The van der Waals surface area contributed by atoms with Crippen molar-refractivity contribution in [1.82, 2.24) is 10.2 Å². The van der Waals surface area contributed by atoms with Crippen LogP contribution in [-0.2, 0) is 22.7 Å². The van der Waals surface area contributed by atoms with E-state index in [-0.39, 0.29) is 24.2 Å². The van der Waals surface area contributed by atoms with E-state index in [1.54, 1.807) is 0 Å². The smallest absolute Gasteiger partial charge is 0.306 e. The molecule has 6 nitrogen and oxygen atoms in total. The molecule has 0 saturated carbocycles. The predicted octanol–water partition coefficient (Wildman–Crippen LogP) is 3.10. The zero-order valence-electron chi connectivity index (χ0n) is 16.3. The molecular formula is C22H27ClN2O4. The molecule has 156 valence electrons. The minimum absolute atomic E-state index is 0. The number of benzene rings is 2. The summed E-state index contributed by atoms with van der Waals surface area (Å²) in [5.74, 6) is -0.207. The molecule has 2 N–H and O–H groups in total. The normalized spacial score (nSPS) is 14.6. The van der Waals surface area contributed by atoms with Gasteiger partial charge in [0.15, 0.2) is 0 Å². The van der Waals surface area contributed by atoms with Crippen molar-refractivity contribution in [3.05, 3.63) is 65.7 Å². The Kier molecular flexibility index (Phi) is 8.96. The quantitative estimate of drug-likeness (QED) is 0.688. The lowest BCUT2D eigenvalue weighted by Crippen LogP contribution is -2.42. The highest BCUT2D eigenvalue weighted by Crippen LogP contribution is 2.17. The van der Waals surface area contributed by atoms with Gasteiger partial charge in [0.2, 0.25) is 5.91 Å². The fraction of sp³-hybridized carbons (Fsp3) is 0.364. The third kappa shape index (κ3) is 7.40. The van der Waals surface area contributed by atoms with Gasteiger partial charge in [-0.05, 0) is 49.2 Å². The minimum Gasteiger partial charge on any atom is -0.489 e. The van der Waals surface area contributed by atoms with Crippen LogP contribution in [0.25, 0.3) is 0 Å². The number of para-hydroxylation sites is 1. The Labute approximate surface area is 177 Å². The van der Waals surface area contributed by atoms with Gasteiger partial charge < -0.3 is 15.2 Å². The third-order valence-electron chi connectivity index (χ3n) is 4.97. The number of nitrogens with zero attached hydrogens (tertiary/aromatic N) is 1. The van der Waals surface area contributed by atoms with Crippen molar-refractivity contribution >= 4 is 24.3 Å². The molecule has 0 bridgehead atoms. The Morgan fingerprint density at radius 1 is 1.00 bits per heavy atom. The Bertz CT molecular complexity index is 775. The molecule has 7 heteroatoms. The second kappa shape index (κ2) is 11.4. The number of carboxylic acid groups (broad SMARTS) is 1. The van der Waals surface area contributed by atoms with Crippen LogP contribution >= 0.6 is 12.4 Å². The molecule has 1 heterocycles. The van der Waals surface area contributed by atoms with Crippen LogP contribution in [0.15, 0.2) is 54.6 Å². The van der Waals surface area contributed by atoms with Crippen molar-refractivity contribution in [2.24, 2.45) is 5.92 Å². The van der Waals surface area contributed by atoms with Crippen molar-refractivity contribution in [1.29, 1.82) is 0 Å². The van der Waals surface area contributed by atoms with Gasteiger partial charge in [0, 0.05) is 6.54 Å². The molecule has 1 fully saturated rings. The molecule has 1 saturated heterocycles. The lowest BCUT2D eigenvalue weighted by molar-refractivity contribution is -0.143. The van der Waals surface area contributed by atoms with Crippen LogP contribution in [0.2, 0.25) is 0 Å².